The van der Waals surface area contributed by atoms with Crippen molar-refractivity contribution >= 4 is 76.2 Å². The van der Waals surface area contributed by atoms with Crippen LogP contribution in [0.25, 0.3) is 0 Å². The van der Waals surface area contributed by atoms with Crippen LogP contribution >= 0.6 is 59.3 Å². The van der Waals surface area contributed by atoms with Crippen molar-refractivity contribution in [2.75, 3.05) is 13.1 Å². The molecule has 0 bridgehead atoms. The van der Waals surface area contributed by atoms with E-state index in [0.29, 0.717) is 18.2 Å². The maximum absolute atomic E-state index is 12.6. The predicted octanol–water partition coefficient (Wildman–Crippen LogP) is 4.31. The van der Waals surface area contributed by atoms with Gasteiger partial charge in [0.1, 0.15) is 5.57 Å². The molecule has 0 N–H and O–H groups in total. The van der Waals surface area contributed by atoms with Crippen LogP contribution in [0.4, 0.5) is 0 Å². The van der Waals surface area contributed by atoms with E-state index in [-0.39, 0.29) is 17.4 Å². The minimum absolute atomic E-state index is 0.183. The third kappa shape index (κ3) is 3.37. The van der Waals surface area contributed by atoms with Crippen LogP contribution in [0.2, 0.25) is 0 Å². The van der Waals surface area contributed by atoms with Gasteiger partial charge in [-0.2, -0.15) is 0 Å². The maximum atomic E-state index is 12.6. The third-order valence-corrected chi connectivity index (χ3v) is 8.82. The molecule has 0 spiro atoms. The smallest absolute Gasteiger partial charge is 0.265 e. The van der Waals surface area contributed by atoms with Crippen molar-refractivity contribution in [1.29, 1.82) is 0 Å². The lowest BCUT2D eigenvalue weighted by atomic mass is 10.1. The lowest BCUT2D eigenvalue weighted by Gasteiger charge is -2.35. The molecule has 126 valence electrons. The molecular formula is C15H14N2O2S5. The summed E-state index contributed by atoms with van der Waals surface area (Å²) in [6, 6.07) is 0. The lowest BCUT2D eigenvalue weighted by Crippen LogP contribution is -2.55. The highest BCUT2D eigenvalue weighted by Crippen LogP contribution is 2.53. The van der Waals surface area contributed by atoms with Crippen molar-refractivity contribution in [3.8, 4) is 0 Å². The second-order valence-corrected chi connectivity index (χ2v) is 9.44. The summed E-state index contributed by atoms with van der Waals surface area (Å²) in [5.41, 5.74) is 0.183. The number of nitrogens with zero attached hydrogens (tertiary/aromatic N) is 2. The van der Waals surface area contributed by atoms with E-state index in [9.17, 15) is 9.59 Å². The van der Waals surface area contributed by atoms with Gasteiger partial charge in [0.05, 0.1) is 8.47 Å². The number of rotatable bonds is 3. The van der Waals surface area contributed by atoms with Crippen LogP contribution in [-0.2, 0) is 9.59 Å². The minimum atomic E-state index is -0.309. The molecule has 1 saturated heterocycles. The largest absolute Gasteiger partial charge is 0.285 e. The quantitative estimate of drug-likeness (QED) is 0.387. The second kappa shape index (κ2) is 7.74. The van der Waals surface area contributed by atoms with E-state index in [4.69, 9.17) is 12.2 Å². The number of likely N-dealkylation sites (N-methyl/N-ethyl adjacent to an activating group) is 2. The summed E-state index contributed by atoms with van der Waals surface area (Å²) in [5, 5.41) is 6.39. The van der Waals surface area contributed by atoms with Crippen molar-refractivity contribution in [3.63, 3.8) is 0 Å². The van der Waals surface area contributed by atoms with Gasteiger partial charge < -0.3 is 0 Å². The van der Waals surface area contributed by atoms with Crippen molar-refractivity contribution < 1.29 is 9.59 Å². The Morgan fingerprint density at radius 1 is 1.00 bits per heavy atom. The molecule has 0 radical (unpaired) electrons. The molecule has 4 nitrogen and oxygen atoms in total. The minimum Gasteiger partial charge on any atom is -0.285 e. The van der Waals surface area contributed by atoms with Gasteiger partial charge in [-0.15, -0.1) is 0 Å². The Morgan fingerprint density at radius 2 is 1.58 bits per heavy atom. The summed E-state index contributed by atoms with van der Waals surface area (Å²) in [7, 11) is 0. The third-order valence-electron chi connectivity index (χ3n) is 3.40. The molecule has 3 aliphatic heterocycles. The van der Waals surface area contributed by atoms with Crippen LogP contribution in [0.5, 0.6) is 0 Å². The van der Waals surface area contributed by atoms with Gasteiger partial charge in [0.25, 0.3) is 11.8 Å². The molecule has 0 aromatic carbocycles. The SMILES string of the molecule is CCN1C(=O)C(=CC2=CSC(=C3SC=CS3)S2)C(=O)N(CC)C1=S. The monoisotopic (exact) mass is 414 g/mol. The zero-order valence-corrected chi connectivity index (χ0v) is 17.1. The molecule has 0 unspecified atom stereocenters. The molecule has 3 rings (SSSR count). The number of allylic oxidation sites excluding steroid dienone is 1. The van der Waals surface area contributed by atoms with Crippen LogP contribution in [0.3, 0.4) is 0 Å². The van der Waals surface area contributed by atoms with Crippen LogP contribution in [0.1, 0.15) is 13.8 Å². The summed E-state index contributed by atoms with van der Waals surface area (Å²) < 4.78 is 2.43. The van der Waals surface area contributed by atoms with Gasteiger partial charge in [-0.25, -0.2) is 0 Å². The topological polar surface area (TPSA) is 40.6 Å². The van der Waals surface area contributed by atoms with Crippen molar-refractivity contribution in [1.82, 2.24) is 9.80 Å². The number of carbonyl (C=O) groups is 2. The normalized spacial score (nSPS) is 21.3. The number of hydrogen-bond acceptors (Lipinski definition) is 7. The van der Waals surface area contributed by atoms with Crippen molar-refractivity contribution in [3.05, 3.63) is 41.3 Å². The molecular weight excluding hydrogens is 401 g/mol. The van der Waals surface area contributed by atoms with Crippen molar-refractivity contribution in [2.24, 2.45) is 0 Å². The lowest BCUT2D eigenvalue weighted by molar-refractivity contribution is -0.133. The summed E-state index contributed by atoms with van der Waals surface area (Å²) in [6.45, 7) is 4.62. The van der Waals surface area contributed by atoms with Crippen LogP contribution < -0.4 is 0 Å². The van der Waals surface area contributed by atoms with Gasteiger partial charge in [0, 0.05) is 18.0 Å². The Balaban J connectivity index is 1.86. The average molecular weight is 415 g/mol. The Morgan fingerprint density at radius 3 is 2.12 bits per heavy atom. The predicted molar refractivity (Wildman–Crippen MR) is 110 cm³/mol. The zero-order chi connectivity index (χ0) is 17.3. The fourth-order valence-electron chi connectivity index (χ4n) is 2.25. The molecule has 0 saturated carbocycles. The van der Waals surface area contributed by atoms with E-state index in [2.05, 4.69) is 10.8 Å². The number of thioether (sulfide) groups is 4. The van der Waals surface area contributed by atoms with Crippen LogP contribution in [0.15, 0.2) is 41.3 Å². The summed E-state index contributed by atoms with van der Waals surface area (Å²) in [5.74, 6) is -0.618. The average Bonchev–Trinajstić information content (AvgIpc) is 3.24. The standard InChI is InChI=1S/C15H14N2O2S5/c1-3-16-11(18)10(12(19)17(4-2)15(16)20)7-9-8-23-14(24-9)13-21-5-6-22-13/h5-8H,3-4H2,1-2H3. The van der Waals surface area contributed by atoms with Gasteiger partial charge >= 0.3 is 0 Å². The van der Waals surface area contributed by atoms with Gasteiger partial charge in [-0.05, 0) is 48.4 Å². The number of thiocarbonyl (C=S) groups is 1. The van der Waals surface area contributed by atoms with E-state index < -0.39 is 0 Å². The first kappa shape index (κ1) is 18.2. The van der Waals surface area contributed by atoms with E-state index in [1.54, 1.807) is 53.1 Å². The van der Waals surface area contributed by atoms with Crippen molar-refractivity contribution in [2.45, 2.75) is 13.8 Å². The summed E-state index contributed by atoms with van der Waals surface area (Å²) >= 11 is 11.9. The molecule has 24 heavy (non-hydrogen) atoms. The van der Waals surface area contributed by atoms with E-state index in [1.165, 1.54) is 18.3 Å². The fraction of sp³-hybridized carbons (Fsp3) is 0.267. The van der Waals surface area contributed by atoms with E-state index in [1.807, 2.05) is 19.3 Å². The number of carbonyl (C=O) groups excluding carboxylic acids is 2. The van der Waals surface area contributed by atoms with Gasteiger partial charge in [0.15, 0.2) is 5.11 Å². The molecule has 1 fully saturated rings. The Hall–Kier alpha value is -0.610. The van der Waals surface area contributed by atoms with Crippen LogP contribution in [-0.4, -0.2) is 39.8 Å². The highest BCUT2D eigenvalue weighted by molar-refractivity contribution is 8.33. The number of amides is 2. The number of hydrogen-bond donors (Lipinski definition) is 0. The van der Waals surface area contributed by atoms with Gasteiger partial charge in [-0.3, -0.25) is 19.4 Å². The highest BCUT2D eigenvalue weighted by atomic mass is 32.2. The molecule has 0 aliphatic carbocycles. The Bertz CT molecular complexity index is 700. The molecule has 0 atom stereocenters. The first-order valence-corrected chi connectivity index (χ1v) is 11.1. The molecule has 3 aliphatic rings. The first-order valence-electron chi connectivity index (χ1n) is 7.23. The van der Waals surface area contributed by atoms with Crippen LogP contribution in [0, 0.1) is 0 Å². The Labute approximate surface area is 163 Å². The van der Waals surface area contributed by atoms with Gasteiger partial charge in [-0.1, -0.05) is 47.0 Å². The summed E-state index contributed by atoms with van der Waals surface area (Å²) in [6.07, 6.45) is 1.70. The molecule has 0 aromatic rings. The molecule has 9 heteroatoms. The first-order chi connectivity index (χ1) is 11.6. The zero-order valence-electron chi connectivity index (χ0n) is 13.0. The van der Waals surface area contributed by atoms with E-state index >= 15 is 0 Å². The van der Waals surface area contributed by atoms with Gasteiger partial charge in [0.2, 0.25) is 0 Å². The maximum Gasteiger partial charge on any atom is 0.265 e. The highest BCUT2D eigenvalue weighted by Gasteiger charge is 2.38. The summed E-state index contributed by atoms with van der Waals surface area (Å²) in [4.78, 5) is 29.1. The van der Waals surface area contributed by atoms with E-state index in [0.717, 1.165) is 4.91 Å². The molecule has 0 aromatic heterocycles. The molecule has 2 amide bonds. The molecule has 3 heterocycles. The Kier molecular flexibility index (Phi) is 5.86. The fourth-order valence-corrected chi connectivity index (χ4v) is 7.05. The second-order valence-electron chi connectivity index (χ2n) is 4.76.